The van der Waals surface area contributed by atoms with Crippen molar-refractivity contribution in [3.63, 3.8) is 0 Å². The summed E-state index contributed by atoms with van der Waals surface area (Å²) < 4.78 is 5.72. The molecule has 2 amide bonds. The summed E-state index contributed by atoms with van der Waals surface area (Å²) in [7, 11) is 0. The molecule has 29 heavy (non-hydrogen) atoms. The second-order valence-corrected chi connectivity index (χ2v) is 7.54. The lowest BCUT2D eigenvalue weighted by Gasteiger charge is -2.17. The number of benzene rings is 2. The van der Waals surface area contributed by atoms with Crippen LogP contribution in [0.15, 0.2) is 53.9 Å². The molecule has 0 aliphatic carbocycles. The van der Waals surface area contributed by atoms with Crippen molar-refractivity contribution in [1.29, 1.82) is 0 Å². The molecule has 0 spiro atoms. The lowest BCUT2D eigenvalue weighted by molar-refractivity contribution is -0.132. The van der Waals surface area contributed by atoms with Gasteiger partial charge in [-0.3, -0.25) is 20.4 Å². The molecule has 1 unspecified atom stereocenters. The van der Waals surface area contributed by atoms with E-state index >= 15 is 0 Å². The Morgan fingerprint density at radius 2 is 1.83 bits per heavy atom. The van der Waals surface area contributed by atoms with Gasteiger partial charge in [0, 0.05) is 10.9 Å². The maximum absolute atomic E-state index is 12.2. The van der Waals surface area contributed by atoms with Crippen LogP contribution in [0.1, 0.15) is 23.7 Å². The summed E-state index contributed by atoms with van der Waals surface area (Å²) in [5.41, 5.74) is 8.55. The highest BCUT2D eigenvalue weighted by Crippen LogP contribution is 2.23. The van der Waals surface area contributed by atoms with Crippen LogP contribution in [0.25, 0.3) is 10.6 Å². The van der Waals surface area contributed by atoms with Gasteiger partial charge in [0.05, 0.1) is 12.1 Å². The third-order valence-electron chi connectivity index (χ3n) is 4.47. The molecule has 7 heteroatoms. The number of thiazole rings is 1. The minimum absolute atomic E-state index is 0.0792. The molecule has 1 atom stereocenters. The highest BCUT2D eigenvalue weighted by molar-refractivity contribution is 7.13. The van der Waals surface area contributed by atoms with Crippen LogP contribution in [-0.2, 0) is 16.0 Å². The molecule has 3 aromatic rings. The van der Waals surface area contributed by atoms with E-state index in [4.69, 9.17) is 4.74 Å². The number of ether oxygens (including phenoxy) is 1. The van der Waals surface area contributed by atoms with Crippen molar-refractivity contribution in [2.75, 3.05) is 0 Å². The summed E-state index contributed by atoms with van der Waals surface area (Å²) in [5, 5.41) is 2.70. The van der Waals surface area contributed by atoms with Crippen LogP contribution in [-0.4, -0.2) is 22.9 Å². The van der Waals surface area contributed by atoms with Gasteiger partial charge in [0.15, 0.2) is 6.10 Å². The van der Waals surface area contributed by atoms with Gasteiger partial charge < -0.3 is 4.74 Å². The van der Waals surface area contributed by atoms with E-state index in [1.54, 1.807) is 6.92 Å². The van der Waals surface area contributed by atoms with Crippen LogP contribution in [0.2, 0.25) is 0 Å². The fourth-order valence-corrected chi connectivity index (χ4v) is 3.46. The number of hydrogen-bond acceptors (Lipinski definition) is 5. The summed E-state index contributed by atoms with van der Waals surface area (Å²) >= 11 is 1.48. The average Bonchev–Trinajstić information content (AvgIpc) is 3.18. The standard InChI is InChI=1S/C22H23N3O3S/c1-14-8-7-11-19(15(14)2)28-16(3)21(27)25-24-20(26)12-18-13-29-22(23-18)17-9-5-4-6-10-17/h4-11,13,16H,12H2,1-3H3,(H,24,26)(H,25,27). The van der Waals surface area contributed by atoms with Crippen LogP contribution in [0.5, 0.6) is 5.75 Å². The molecule has 0 saturated carbocycles. The Morgan fingerprint density at radius 3 is 2.59 bits per heavy atom. The van der Waals surface area contributed by atoms with Gasteiger partial charge in [-0.25, -0.2) is 4.98 Å². The lowest BCUT2D eigenvalue weighted by atomic mass is 10.1. The van der Waals surface area contributed by atoms with Crippen molar-refractivity contribution < 1.29 is 14.3 Å². The summed E-state index contributed by atoms with van der Waals surface area (Å²) in [5.74, 6) is -0.125. The lowest BCUT2D eigenvalue weighted by Crippen LogP contribution is -2.47. The second kappa shape index (κ2) is 9.34. The Balaban J connectivity index is 1.49. The normalized spacial score (nSPS) is 11.6. The van der Waals surface area contributed by atoms with E-state index in [2.05, 4.69) is 15.8 Å². The first-order valence-electron chi connectivity index (χ1n) is 9.25. The fourth-order valence-electron chi connectivity index (χ4n) is 2.64. The molecular formula is C22H23N3O3S. The number of hydrazine groups is 1. The molecule has 0 bridgehead atoms. The van der Waals surface area contributed by atoms with Gasteiger partial charge in [-0.1, -0.05) is 42.5 Å². The highest BCUT2D eigenvalue weighted by Gasteiger charge is 2.17. The maximum Gasteiger partial charge on any atom is 0.279 e. The second-order valence-electron chi connectivity index (χ2n) is 6.68. The Hall–Kier alpha value is -3.19. The molecule has 3 rings (SSSR count). The molecule has 6 nitrogen and oxygen atoms in total. The summed E-state index contributed by atoms with van der Waals surface area (Å²) in [6, 6.07) is 15.5. The molecule has 2 aromatic carbocycles. The Morgan fingerprint density at radius 1 is 1.07 bits per heavy atom. The fraction of sp³-hybridized carbons (Fsp3) is 0.227. The van der Waals surface area contributed by atoms with Crippen LogP contribution < -0.4 is 15.6 Å². The van der Waals surface area contributed by atoms with E-state index in [1.807, 2.05) is 67.8 Å². The molecule has 0 fully saturated rings. The van der Waals surface area contributed by atoms with E-state index in [-0.39, 0.29) is 12.3 Å². The van der Waals surface area contributed by atoms with Crippen molar-refractivity contribution in [2.45, 2.75) is 33.3 Å². The van der Waals surface area contributed by atoms with Crippen molar-refractivity contribution in [1.82, 2.24) is 15.8 Å². The van der Waals surface area contributed by atoms with Gasteiger partial charge in [0.25, 0.3) is 5.91 Å². The molecule has 0 saturated heterocycles. The predicted molar refractivity (Wildman–Crippen MR) is 114 cm³/mol. The molecule has 150 valence electrons. The first kappa shape index (κ1) is 20.5. The van der Waals surface area contributed by atoms with Crippen LogP contribution in [0.4, 0.5) is 0 Å². The van der Waals surface area contributed by atoms with Crippen LogP contribution in [0, 0.1) is 13.8 Å². The van der Waals surface area contributed by atoms with E-state index in [1.165, 1.54) is 11.3 Å². The molecule has 1 aromatic heterocycles. The van der Waals surface area contributed by atoms with Crippen molar-refractivity contribution in [3.05, 3.63) is 70.7 Å². The molecule has 0 aliphatic heterocycles. The van der Waals surface area contributed by atoms with Gasteiger partial charge in [-0.05, 0) is 38.0 Å². The average molecular weight is 410 g/mol. The topological polar surface area (TPSA) is 80.3 Å². The molecule has 2 N–H and O–H groups in total. The Bertz CT molecular complexity index is 1000. The number of hydrogen-bond donors (Lipinski definition) is 2. The van der Waals surface area contributed by atoms with Gasteiger partial charge in [-0.15, -0.1) is 11.3 Å². The minimum Gasteiger partial charge on any atom is -0.481 e. The number of amides is 2. The Kier molecular flexibility index (Phi) is 6.61. The smallest absolute Gasteiger partial charge is 0.279 e. The number of carbonyl (C=O) groups is 2. The summed E-state index contributed by atoms with van der Waals surface area (Å²) in [6.07, 6.45) is -0.671. The van der Waals surface area contributed by atoms with Gasteiger partial charge >= 0.3 is 0 Å². The highest BCUT2D eigenvalue weighted by atomic mass is 32.1. The molecule has 0 aliphatic rings. The zero-order chi connectivity index (χ0) is 20.8. The first-order chi connectivity index (χ1) is 13.9. The Labute approximate surface area is 173 Å². The SMILES string of the molecule is Cc1cccc(OC(C)C(=O)NNC(=O)Cc2csc(-c3ccccc3)n2)c1C. The van der Waals surface area contributed by atoms with Gasteiger partial charge in [-0.2, -0.15) is 0 Å². The zero-order valence-corrected chi connectivity index (χ0v) is 17.4. The number of aromatic nitrogens is 1. The molecular weight excluding hydrogens is 386 g/mol. The van der Waals surface area contributed by atoms with E-state index < -0.39 is 12.0 Å². The van der Waals surface area contributed by atoms with E-state index in [0.717, 1.165) is 21.7 Å². The molecule has 1 heterocycles. The molecule has 0 radical (unpaired) electrons. The number of aryl methyl sites for hydroxylation is 1. The van der Waals surface area contributed by atoms with Crippen molar-refractivity contribution in [3.8, 4) is 16.3 Å². The minimum atomic E-state index is -0.750. The first-order valence-corrected chi connectivity index (χ1v) is 10.1. The van der Waals surface area contributed by atoms with Crippen LogP contribution >= 0.6 is 11.3 Å². The number of carbonyl (C=O) groups excluding carboxylic acids is 2. The van der Waals surface area contributed by atoms with Gasteiger partial charge in [0.2, 0.25) is 5.91 Å². The van der Waals surface area contributed by atoms with Crippen molar-refractivity contribution in [2.24, 2.45) is 0 Å². The van der Waals surface area contributed by atoms with E-state index in [9.17, 15) is 9.59 Å². The monoisotopic (exact) mass is 409 g/mol. The predicted octanol–water partition coefficient (Wildman–Crippen LogP) is 3.58. The quantitative estimate of drug-likeness (QED) is 0.610. The summed E-state index contributed by atoms with van der Waals surface area (Å²) in [4.78, 5) is 28.8. The number of nitrogens with one attached hydrogen (secondary N) is 2. The summed E-state index contributed by atoms with van der Waals surface area (Å²) in [6.45, 7) is 5.55. The number of rotatable bonds is 6. The third kappa shape index (κ3) is 5.42. The zero-order valence-electron chi connectivity index (χ0n) is 16.6. The van der Waals surface area contributed by atoms with E-state index in [0.29, 0.717) is 11.4 Å². The van der Waals surface area contributed by atoms with Crippen molar-refractivity contribution >= 4 is 23.2 Å². The van der Waals surface area contributed by atoms with Crippen LogP contribution in [0.3, 0.4) is 0 Å². The third-order valence-corrected chi connectivity index (χ3v) is 5.41. The maximum atomic E-state index is 12.2. The van der Waals surface area contributed by atoms with Gasteiger partial charge in [0.1, 0.15) is 10.8 Å². The largest absolute Gasteiger partial charge is 0.481 e. The number of nitrogens with zero attached hydrogens (tertiary/aromatic N) is 1.